The average Bonchev–Trinajstić information content (AvgIpc) is 3.09. The second-order valence-electron chi connectivity index (χ2n) is 6.36. The molecule has 0 saturated carbocycles. The highest BCUT2D eigenvalue weighted by Crippen LogP contribution is 2.35. The lowest BCUT2D eigenvalue weighted by atomic mass is 10.1. The molecule has 0 bridgehead atoms. The number of ether oxygens (including phenoxy) is 2. The number of carbonyl (C=O) groups is 3. The maximum atomic E-state index is 12.4. The Morgan fingerprint density at radius 2 is 1.97 bits per heavy atom. The number of amides is 2. The Hall–Kier alpha value is -2.77. The molecule has 0 radical (unpaired) electrons. The van der Waals surface area contributed by atoms with Crippen LogP contribution in [0.4, 0.5) is 11.4 Å². The molecule has 3 rings (SSSR count). The maximum Gasteiger partial charge on any atom is 0.311 e. The van der Waals surface area contributed by atoms with Gasteiger partial charge in [-0.05, 0) is 30.3 Å². The minimum atomic E-state index is -0.695. The third-order valence-electron chi connectivity index (χ3n) is 4.38. The van der Waals surface area contributed by atoms with Gasteiger partial charge in [0.25, 0.3) is 5.91 Å². The van der Waals surface area contributed by atoms with Gasteiger partial charge in [-0.15, -0.1) is 0 Å². The van der Waals surface area contributed by atoms with Crippen molar-refractivity contribution < 1.29 is 23.9 Å². The van der Waals surface area contributed by atoms with Gasteiger partial charge in [0.05, 0.1) is 29.4 Å². The van der Waals surface area contributed by atoms with Crippen LogP contribution >= 0.6 is 23.2 Å². The molecule has 29 heavy (non-hydrogen) atoms. The molecule has 0 aliphatic carbocycles. The molecular weight excluding hydrogens is 419 g/mol. The first-order valence-corrected chi connectivity index (χ1v) is 9.49. The lowest BCUT2D eigenvalue weighted by Gasteiger charge is -2.19. The van der Waals surface area contributed by atoms with Gasteiger partial charge in [0.2, 0.25) is 5.91 Å². The van der Waals surface area contributed by atoms with Crippen molar-refractivity contribution in [2.75, 3.05) is 30.5 Å². The molecule has 1 N–H and O–H groups in total. The van der Waals surface area contributed by atoms with E-state index in [2.05, 4.69) is 5.32 Å². The Morgan fingerprint density at radius 3 is 2.69 bits per heavy atom. The summed E-state index contributed by atoms with van der Waals surface area (Å²) in [4.78, 5) is 38.2. The summed E-state index contributed by atoms with van der Waals surface area (Å²) in [7, 11) is 1.48. The third kappa shape index (κ3) is 4.99. The molecule has 2 aromatic rings. The zero-order valence-corrected chi connectivity index (χ0v) is 17.0. The fourth-order valence-electron chi connectivity index (χ4n) is 2.98. The van der Waals surface area contributed by atoms with Gasteiger partial charge in [-0.1, -0.05) is 35.3 Å². The highest BCUT2D eigenvalue weighted by molar-refractivity contribution is 6.33. The number of methoxy groups -OCH3 is 1. The zero-order valence-electron chi connectivity index (χ0n) is 15.5. The number of halogens is 2. The summed E-state index contributed by atoms with van der Waals surface area (Å²) in [5.74, 6) is -1.64. The Kier molecular flexibility index (Phi) is 6.61. The van der Waals surface area contributed by atoms with E-state index >= 15 is 0 Å². The average molecular weight is 437 g/mol. The maximum absolute atomic E-state index is 12.4. The monoisotopic (exact) mass is 436 g/mol. The first kappa shape index (κ1) is 21.0. The number of anilines is 2. The molecule has 2 amide bonds. The summed E-state index contributed by atoms with van der Waals surface area (Å²) in [5, 5.41) is 3.38. The zero-order chi connectivity index (χ0) is 21.0. The predicted molar refractivity (Wildman–Crippen MR) is 110 cm³/mol. The van der Waals surface area contributed by atoms with Gasteiger partial charge in [0.1, 0.15) is 5.75 Å². The number of esters is 1. The summed E-state index contributed by atoms with van der Waals surface area (Å²) >= 11 is 12.0. The topological polar surface area (TPSA) is 84.9 Å². The van der Waals surface area contributed by atoms with Crippen LogP contribution in [0.25, 0.3) is 0 Å². The van der Waals surface area contributed by atoms with Crippen LogP contribution in [0.5, 0.6) is 5.75 Å². The van der Waals surface area contributed by atoms with Crippen molar-refractivity contribution in [1.29, 1.82) is 0 Å². The third-order valence-corrected chi connectivity index (χ3v) is 4.95. The van der Waals surface area contributed by atoms with Gasteiger partial charge in [0, 0.05) is 18.0 Å². The fourth-order valence-corrected chi connectivity index (χ4v) is 3.33. The van der Waals surface area contributed by atoms with Crippen molar-refractivity contribution in [3.63, 3.8) is 0 Å². The van der Waals surface area contributed by atoms with E-state index in [4.69, 9.17) is 32.7 Å². The van der Waals surface area contributed by atoms with Crippen LogP contribution < -0.4 is 15.0 Å². The molecule has 1 fully saturated rings. The van der Waals surface area contributed by atoms with Gasteiger partial charge < -0.3 is 19.7 Å². The van der Waals surface area contributed by atoms with Gasteiger partial charge in [0.15, 0.2) is 6.61 Å². The molecular formula is C20H18Cl2N2O5. The normalized spacial score (nSPS) is 15.9. The number of nitrogens with one attached hydrogen (secondary N) is 1. The van der Waals surface area contributed by atoms with Crippen molar-refractivity contribution >= 4 is 52.4 Å². The lowest BCUT2D eigenvalue weighted by Crippen LogP contribution is -2.28. The van der Waals surface area contributed by atoms with Crippen LogP contribution in [0.15, 0.2) is 42.5 Å². The van der Waals surface area contributed by atoms with E-state index in [1.807, 2.05) is 0 Å². The van der Waals surface area contributed by atoms with E-state index in [1.54, 1.807) is 42.5 Å². The van der Waals surface area contributed by atoms with Crippen LogP contribution in [-0.4, -0.2) is 38.0 Å². The first-order valence-electron chi connectivity index (χ1n) is 8.74. The molecule has 7 nitrogen and oxygen atoms in total. The Labute approximate surface area is 177 Å². The number of carbonyl (C=O) groups excluding carboxylic acids is 3. The minimum Gasteiger partial charge on any atom is -0.495 e. The first-order chi connectivity index (χ1) is 13.9. The number of para-hydroxylation sites is 1. The lowest BCUT2D eigenvalue weighted by molar-refractivity contribution is -0.151. The van der Waals surface area contributed by atoms with E-state index in [1.165, 1.54) is 12.0 Å². The number of benzene rings is 2. The Balaban J connectivity index is 1.59. The summed E-state index contributed by atoms with van der Waals surface area (Å²) in [6, 6.07) is 11.6. The van der Waals surface area contributed by atoms with Crippen LogP contribution in [-0.2, 0) is 19.1 Å². The Bertz CT molecular complexity index is 950. The van der Waals surface area contributed by atoms with E-state index in [9.17, 15) is 14.4 Å². The molecule has 1 saturated heterocycles. The summed E-state index contributed by atoms with van der Waals surface area (Å²) in [6.07, 6.45) is -0.0271. The number of rotatable bonds is 6. The van der Waals surface area contributed by atoms with Crippen molar-refractivity contribution in [3.8, 4) is 5.75 Å². The van der Waals surface area contributed by atoms with Crippen molar-refractivity contribution in [1.82, 2.24) is 0 Å². The number of hydrogen-bond acceptors (Lipinski definition) is 5. The molecule has 2 aromatic carbocycles. The SMILES string of the molecule is COc1ccc(Cl)cc1N1C[C@@H](C(=O)OCC(=O)Nc2ccccc2Cl)CC1=O. The standard InChI is InChI=1S/C20H18Cl2N2O5/c1-28-17-7-6-13(21)9-16(17)24-10-12(8-19(24)26)20(27)29-11-18(25)23-15-5-3-2-4-14(15)22/h2-7,9,12H,8,10-11H2,1H3,(H,23,25)/t12-/m0/s1. The van der Waals surface area contributed by atoms with Crippen LogP contribution in [0.1, 0.15) is 6.42 Å². The second-order valence-corrected chi connectivity index (χ2v) is 7.20. The smallest absolute Gasteiger partial charge is 0.311 e. The largest absolute Gasteiger partial charge is 0.495 e. The van der Waals surface area contributed by atoms with E-state index in [0.29, 0.717) is 27.2 Å². The highest BCUT2D eigenvalue weighted by atomic mass is 35.5. The predicted octanol–water partition coefficient (Wildman–Crippen LogP) is 3.54. The van der Waals surface area contributed by atoms with Gasteiger partial charge in [-0.25, -0.2) is 0 Å². The molecule has 0 unspecified atom stereocenters. The molecule has 1 heterocycles. The van der Waals surface area contributed by atoms with E-state index in [0.717, 1.165) is 0 Å². The second kappa shape index (κ2) is 9.15. The van der Waals surface area contributed by atoms with Crippen molar-refractivity contribution in [3.05, 3.63) is 52.5 Å². The fraction of sp³-hybridized carbons (Fsp3) is 0.250. The summed E-state index contributed by atoms with van der Waals surface area (Å²) < 4.78 is 10.4. The van der Waals surface area contributed by atoms with Crippen LogP contribution in [0.2, 0.25) is 10.0 Å². The van der Waals surface area contributed by atoms with E-state index in [-0.39, 0.29) is 18.9 Å². The van der Waals surface area contributed by atoms with Gasteiger partial charge >= 0.3 is 5.97 Å². The quantitative estimate of drug-likeness (QED) is 0.699. The van der Waals surface area contributed by atoms with Crippen molar-refractivity contribution in [2.45, 2.75) is 6.42 Å². The molecule has 1 aliphatic rings. The molecule has 0 aromatic heterocycles. The highest BCUT2D eigenvalue weighted by Gasteiger charge is 2.37. The molecule has 1 atom stereocenters. The van der Waals surface area contributed by atoms with E-state index < -0.39 is 24.4 Å². The minimum absolute atomic E-state index is 0.0271. The van der Waals surface area contributed by atoms with Crippen LogP contribution in [0, 0.1) is 5.92 Å². The summed E-state index contributed by atoms with van der Waals surface area (Å²) in [6.45, 7) is -0.365. The number of nitrogens with zero attached hydrogens (tertiary/aromatic N) is 1. The summed E-state index contributed by atoms with van der Waals surface area (Å²) in [5.41, 5.74) is 0.905. The van der Waals surface area contributed by atoms with Gasteiger partial charge in [-0.2, -0.15) is 0 Å². The molecule has 152 valence electrons. The van der Waals surface area contributed by atoms with Crippen molar-refractivity contribution in [2.24, 2.45) is 5.92 Å². The molecule has 1 aliphatic heterocycles. The van der Waals surface area contributed by atoms with Crippen LogP contribution in [0.3, 0.4) is 0 Å². The molecule has 0 spiro atoms. The Morgan fingerprint density at radius 1 is 1.21 bits per heavy atom. The molecule has 9 heteroatoms. The van der Waals surface area contributed by atoms with Gasteiger partial charge in [-0.3, -0.25) is 14.4 Å². The number of hydrogen-bond donors (Lipinski definition) is 1.